The van der Waals surface area contributed by atoms with Crippen molar-refractivity contribution in [3.8, 4) is 0 Å². The highest BCUT2D eigenvalue weighted by molar-refractivity contribution is 8.00. The molecule has 1 atom stereocenters. The molecule has 0 aliphatic carbocycles. The van der Waals surface area contributed by atoms with Gasteiger partial charge in [-0.25, -0.2) is 4.79 Å². The number of thioether (sulfide) groups is 1. The zero-order valence-electron chi connectivity index (χ0n) is 14.1. The number of fused-ring (bicyclic) bond motifs is 1. The molecule has 0 radical (unpaired) electrons. The number of hydrogen-bond donors (Lipinski definition) is 2. The number of ether oxygens (including phenoxy) is 1. The van der Waals surface area contributed by atoms with E-state index in [1.165, 1.54) is 0 Å². The number of para-hydroxylation sites is 1. The third-order valence-electron chi connectivity index (χ3n) is 4.63. The minimum absolute atomic E-state index is 0.0815. The molecule has 1 aliphatic heterocycles. The van der Waals surface area contributed by atoms with Gasteiger partial charge in [-0.3, -0.25) is 0 Å². The smallest absolute Gasteiger partial charge is 0.315 e. The lowest BCUT2D eigenvalue weighted by Gasteiger charge is -2.35. The van der Waals surface area contributed by atoms with Crippen LogP contribution in [-0.4, -0.2) is 36.8 Å². The van der Waals surface area contributed by atoms with E-state index in [0.717, 1.165) is 42.8 Å². The quantitative estimate of drug-likeness (QED) is 0.865. The Bertz CT molecular complexity index is 661. The van der Waals surface area contributed by atoms with Gasteiger partial charge in [-0.1, -0.05) is 18.2 Å². The van der Waals surface area contributed by atoms with Crippen LogP contribution in [0.3, 0.4) is 0 Å². The van der Waals surface area contributed by atoms with E-state index >= 15 is 0 Å². The van der Waals surface area contributed by atoms with Crippen molar-refractivity contribution in [2.45, 2.75) is 30.6 Å². The molecule has 0 saturated carbocycles. The van der Waals surface area contributed by atoms with Gasteiger partial charge in [-0.2, -0.15) is 11.8 Å². The lowest BCUT2D eigenvalue weighted by molar-refractivity contribution is 0.0777. The molecule has 2 aromatic rings. The second-order valence-corrected chi connectivity index (χ2v) is 7.51. The molecule has 24 heavy (non-hydrogen) atoms. The Morgan fingerprint density at radius 3 is 2.79 bits per heavy atom. The third-order valence-corrected chi connectivity index (χ3v) is 6.05. The summed E-state index contributed by atoms with van der Waals surface area (Å²) in [5.74, 6) is 0.761. The molecule has 3 rings (SSSR count). The van der Waals surface area contributed by atoms with Crippen LogP contribution in [0.2, 0.25) is 0 Å². The Hall–Kier alpha value is -1.66. The molecule has 1 saturated heterocycles. The summed E-state index contributed by atoms with van der Waals surface area (Å²) in [6.45, 7) is 4.10. The molecule has 6 heteroatoms. The zero-order chi connectivity index (χ0) is 17.0. The second-order valence-electron chi connectivity index (χ2n) is 6.23. The van der Waals surface area contributed by atoms with Gasteiger partial charge in [0, 0.05) is 29.9 Å². The average molecular weight is 348 g/mol. The first-order valence-corrected chi connectivity index (χ1v) is 9.50. The number of urea groups is 1. The van der Waals surface area contributed by atoms with E-state index in [-0.39, 0.29) is 16.8 Å². The van der Waals surface area contributed by atoms with Gasteiger partial charge < -0.3 is 19.8 Å². The number of amides is 2. The Kier molecular flexibility index (Phi) is 5.36. The molecule has 2 amide bonds. The maximum atomic E-state index is 12.2. The fourth-order valence-electron chi connectivity index (χ4n) is 2.97. The lowest BCUT2D eigenvalue weighted by atomic mass is 9.99. The standard InChI is InChI=1S/C18H24N2O3S/c1-13(16-11-14-5-3-4-6-15(14)23-16)20-17(21)19-12-18(24-2)7-9-22-10-8-18/h3-6,11,13H,7-10,12H2,1-2H3,(H2,19,20,21). The predicted octanol–water partition coefficient (Wildman–Crippen LogP) is 3.71. The fourth-order valence-corrected chi connectivity index (χ4v) is 3.76. The number of carbonyl (C=O) groups excluding carboxylic acids is 1. The monoisotopic (exact) mass is 348 g/mol. The van der Waals surface area contributed by atoms with Gasteiger partial charge in [0.15, 0.2) is 0 Å². The Morgan fingerprint density at radius 2 is 2.08 bits per heavy atom. The van der Waals surface area contributed by atoms with Crippen molar-refractivity contribution in [3.63, 3.8) is 0 Å². The van der Waals surface area contributed by atoms with Gasteiger partial charge in [0.05, 0.1) is 6.04 Å². The minimum Gasteiger partial charge on any atom is -0.459 e. The van der Waals surface area contributed by atoms with E-state index in [0.29, 0.717) is 6.54 Å². The number of nitrogens with one attached hydrogen (secondary N) is 2. The number of furan rings is 1. The van der Waals surface area contributed by atoms with Gasteiger partial charge in [-0.05, 0) is 38.2 Å². The summed E-state index contributed by atoms with van der Waals surface area (Å²) >= 11 is 1.81. The van der Waals surface area contributed by atoms with Crippen molar-refractivity contribution < 1.29 is 13.9 Å². The first-order chi connectivity index (χ1) is 11.6. The van der Waals surface area contributed by atoms with Crippen LogP contribution in [0.5, 0.6) is 0 Å². The molecular formula is C18H24N2O3S. The SMILES string of the molecule is CSC1(CNC(=O)NC(C)c2cc3ccccc3o2)CCOCC1. The summed E-state index contributed by atoms with van der Waals surface area (Å²) in [5, 5.41) is 7.01. The summed E-state index contributed by atoms with van der Waals surface area (Å²) in [6.07, 6.45) is 4.03. The van der Waals surface area contributed by atoms with Crippen molar-refractivity contribution in [3.05, 3.63) is 36.1 Å². The molecule has 5 nitrogen and oxygen atoms in total. The van der Waals surface area contributed by atoms with Gasteiger partial charge in [-0.15, -0.1) is 0 Å². The van der Waals surface area contributed by atoms with Crippen molar-refractivity contribution in [2.75, 3.05) is 26.0 Å². The first kappa shape index (κ1) is 17.2. The van der Waals surface area contributed by atoms with Crippen LogP contribution < -0.4 is 10.6 Å². The average Bonchev–Trinajstić information content (AvgIpc) is 3.05. The summed E-state index contributed by atoms with van der Waals surface area (Å²) in [5.41, 5.74) is 0.838. The largest absolute Gasteiger partial charge is 0.459 e. The van der Waals surface area contributed by atoms with E-state index in [9.17, 15) is 4.79 Å². The normalized spacial score (nSPS) is 18.2. The summed E-state index contributed by atoms with van der Waals surface area (Å²) < 4.78 is 11.3. The van der Waals surface area contributed by atoms with Crippen molar-refractivity contribution in [2.24, 2.45) is 0 Å². The third kappa shape index (κ3) is 3.87. The molecule has 1 unspecified atom stereocenters. The number of rotatable bonds is 5. The van der Waals surface area contributed by atoms with Crippen LogP contribution in [0.15, 0.2) is 34.7 Å². The second kappa shape index (κ2) is 7.49. The first-order valence-electron chi connectivity index (χ1n) is 8.28. The summed E-state index contributed by atoms with van der Waals surface area (Å²) in [4.78, 5) is 12.2. The van der Waals surface area contributed by atoms with E-state index in [1.807, 2.05) is 49.0 Å². The van der Waals surface area contributed by atoms with Crippen molar-refractivity contribution in [1.82, 2.24) is 10.6 Å². The summed E-state index contributed by atoms with van der Waals surface area (Å²) in [6, 6.07) is 9.47. The molecule has 130 valence electrons. The predicted molar refractivity (Wildman–Crippen MR) is 97.5 cm³/mol. The molecule has 1 fully saturated rings. The highest BCUT2D eigenvalue weighted by Gasteiger charge is 2.32. The van der Waals surface area contributed by atoms with Gasteiger partial charge in [0.25, 0.3) is 0 Å². The van der Waals surface area contributed by atoms with Crippen LogP contribution in [-0.2, 0) is 4.74 Å². The van der Waals surface area contributed by atoms with Crippen molar-refractivity contribution >= 4 is 28.8 Å². The Morgan fingerprint density at radius 1 is 1.33 bits per heavy atom. The lowest BCUT2D eigenvalue weighted by Crippen LogP contribution is -2.47. The maximum Gasteiger partial charge on any atom is 0.315 e. The molecule has 1 aliphatic rings. The van der Waals surface area contributed by atoms with Gasteiger partial charge >= 0.3 is 6.03 Å². The van der Waals surface area contributed by atoms with Gasteiger partial charge in [0.1, 0.15) is 11.3 Å². The van der Waals surface area contributed by atoms with E-state index in [4.69, 9.17) is 9.15 Å². The molecule has 2 N–H and O–H groups in total. The van der Waals surface area contributed by atoms with Crippen molar-refractivity contribution in [1.29, 1.82) is 0 Å². The number of benzene rings is 1. The molecule has 0 spiro atoms. The Balaban J connectivity index is 1.55. The zero-order valence-corrected chi connectivity index (χ0v) is 14.9. The maximum absolute atomic E-state index is 12.2. The van der Waals surface area contributed by atoms with Crippen LogP contribution in [0.1, 0.15) is 31.6 Å². The number of hydrogen-bond acceptors (Lipinski definition) is 4. The molecule has 2 heterocycles. The minimum atomic E-state index is -0.183. The van der Waals surface area contributed by atoms with Crippen LogP contribution in [0.25, 0.3) is 11.0 Å². The summed E-state index contributed by atoms with van der Waals surface area (Å²) in [7, 11) is 0. The molecule has 0 bridgehead atoms. The number of carbonyl (C=O) groups is 1. The molecule has 1 aromatic heterocycles. The molecular weight excluding hydrogens is 324 g/mol. The van der Waals surface area contributed by atoms with Crippen LogP contribution >= 0.6 is 11.8 Å². The highest BCUT2D eigenvalue weighted by Crippen LogP contribution is 2.33. The Labute approximate surface area is 146 Å². The van der Waals surface area contributed by atoms with Crippen LogP contribution in [0, 0.1) is 0 Å². The highest BCUT2D eigenvalue weighted by atomic mass is 32.2. The van der Waals surface area contributed by atoms with E-state index in [1.54, 1.807) is 0 Å². The molecule has 1 aromatic carbocycles. The topological polar surface area (TPSA) is 63.5 Å². The van der Waals surface area contributed by atoms with E-state index in [2.05, 4.69) is 16.9 Å². The van der Waals surface area contributed by atoms with Gasteiger partial charge in [0.2, 0.25) is 0 Å². The van der Waals surface area contributed by atoms with E-state index < -0.39 is 0 Å². The fraction of sp³-hybridized carbons (Fsp3) is 0.500. The van der Waals surface area contributed by atoms with Crippen LogP contribution in [0.4, 0.5) is 4.79 Å².